The molecule has 1 fully saturated rings. The monoisotopic (exact) mass is 399 g/mol. The Kier molecular flexibility index (Phi) is 6.87. The van der Waals surface area contributed by atoms with Crippen LogP contribution in [0, 0.1) is 6.92 Å². The Morgan fingerprint density at radius 1 is 1.07 bits per heavy atom. The van der Waals surface area contributed by atoms with Gasteiger partial charge in [0.2, 0.25) is 5.95 Å². The molecule has 1 aromatic heterocycles. The number of rotatable bonds is 7. The van der Waals surface area contributed by atoms with Crippen molar-refractivity contribution >= 4 is 11.9 Å². The summed E-state index contributed by atoms with van der Waals surface area (Å²) in [6, 6.07) is 7.60. The van der Waals surface area contributed by atoms with Crippen molar-refractivity contribution in [2.45, 2.75) is 13.3 Å². The van der Waals surface area contributed by atoms with Gasteiger partial charge >= 0.3 is 0 Å². The van der Waals surface area contributed by atoms with Crippen LogP contribution in [-0.4, -0.2) is 79.7 Å². The number of ether oxygens (including phenoxy) is 2. The van der Waals surface area contributed by atoms with Crippen LogP contribution in [0.4, 0.5) is 5.95 Å². The molecular weight excluding hydrogens is 370 g/mol. The first kappa shape index (κ1) is 20.9. The minimum atomic E-state index is -0.0356. The number of anilines is 1. The summed E-state index contributed by atoms with van der Waals surface area (Å²) in [5.74, 6) is 1.85. The highest BCUT2D eigenvalue weighted by Crippen LogP contribution is 2.27. The quantitative estimate of drug-likeness (QED) is 0.761. The van der Waals surface area contributed by atoms with E-state index >= 15 is 0 Å². The van der Waals surface area contributed by atoms with Gasteiger partial charge in [-0.1, -0.05) is 6.07 Å². The number of carbonyl (C=O) groups excluding carboxylic acids is 1. The molecule has 0 atom stereocenters. The normalized spacial score (nSPS) is 14.6. The number of hydrogen-bond acceptors (Lipinski definition) is 7. The molecule has 29 heavy (non-hydrogen) atoms. The molecule has 8 nitrogen and oxygen atoms in total. The molecule has 2 aromatic rings. The predicted octanol–water partition coefficient (Wildman–Crippen LogP) is 1.84. The molecule has 0 bridgehead atoms. The maximum atomic E-state index is 12.8. The van der Waals surface area contributed by atoms with Gasteiger partial charge in [0.25, 0.3) is 5.91 Å². The Labute approximate surface area is 171 Å². The summed E-state index contributed by atoms with van der Waals surface area (Å²) in [6.45, 7) is 5.72. The molecule has 1 saturated heterocycles. The first-order valence-electron chi connectivity index (χ1n) is 9.78. The van der Waals surface area contributed by atoms with E-state index in [2.05, 4.69) is 27.2 Å². The summed E-state index contributed by atoms with van der Waals surface area (Å²) in [4.78, 5) is 25.7. The number of amides is 1. The standard InChI is InChI=1S/C21H29N5O3/c1-15-13-17(20(27)26-11-9-25(2)10-12-26)24-21(23-15)22-8-7-16-5-6-18(28-3)19(14-16)29-4/h5-6,13-14H,7-12H2,1-4H3,(H,22,23,24). The van der Waals surface area contributed by atoms with Crippen LogP contribution in [-0.2, 0) is 6.42 Å². The van der Waals surface area contributed by atoms with E-state index < -0.39 is 0 Å². The van der Waals surface area contributed by atoms with Gasteiger partial charge in [-0.15, -0.1) is 0 Å². The SMILES string of the molecule is COc1ccc(CCNc2nc(C)cc(C(=O)N3CCN(C)CC3)n2)cc1OC. The topological polar surface area (TPSA) is 79.8 Å². The third kappa shape index (κ3) is 5.35. The molecule has 1 aliphatic heterocycles. The average molecular weight is 399 g/mol. The van der Waals surface area contributed by atoms with Crippen molar-refractivity contribution in [1.82, 2.24) is 19.8 Å². The summed E-state index contributed by atoms with van der Waals surface area (Å²) >= 11 is 0. The molecule has 8 heteroatoms. The van der Waals surface area contributed by atoms with Crippen molar-refractivity contribution < 1.29 is 14.3 Å². The van der Waals surface area contributed by atoms with Crippen molar-refractivity contribution in [2.24, 2.45) is 0 Å². The molecule has 1 amide bonds. The van der Waals surface area contributed by atoms with Crippen LogP contribution < -0.4 is 14.8 Å². The number of methoxy groups -OCH3 is 2. The zero-order chi connectivity index (χ0) is 20.8. The Morgan fingerprint density at radius 2 is 1.79 bits per heavy atom. The Bertz CT molecular complexity index is 850. The highest BCUT2D eigenvalue weighted by molar-refractivity contribution is 5.92. The zero-order valence-corrected chi connectivity index (χ0v) is 17.6. The van der Waals surface area contributed by atoms with E-state index in [0.29, 0.717) is 29.7 Å². The van der Waals surface area contributed by atoms with Crippen molar-refractivity contribution in [3.05, 3.63) is 41.2 Å². The fourth-order valence-corrected chi connectivity index (χ4v) is 3.28. The van der Waals surface area contributed by atoms with Crippen LogP contribution >= 0.6 is 0 Å². The van der Waals surface area contributed by atoms with Crippen LogP contribution in [0.2, 0.25) is 0 Å². The molecule has 3 rings (SSSR count). The minimum absolute atomic E-state index is 0.0356. The van der Waals surface area contributed by atoms with Gasteiger partial charge in [-0.2, -0.15) is 0 Å². The highest BCUT2D eigenvalue weighted by Gasteiger charge is 2.22. The number of aryl methyl sites for hydroxylation is 1. The summed E-state index contributed by atoms with van der Waals surface area (Å²) in [5.41, 5.74) is 2.32. The molecule has 0 unspecified atom stereocenters. The number of nitrogens with zero attached hydrogens (tertiary/aromatic N) is 4. The lowest BCUT2D eigenvalue weighted by molar-refractivity contribution is 0.0658. The average Bonchev–Trinajstić information content (AvgIpc) is 2.73. The van der Waals surface area contributed by atoms with Gasteiger partial charge in [0.05, 0.1) is 14.2 Å². The lowest BCUT2D eigenvalue weighted by Crippen LogP contribution is -2.47. The van der Waals surface area contributed by atoms with Gasteiger partial charge in [-0.3, -0.25) is 4.79 Å². The van der Waals surface area contributed by atoms with Crippen molar-refractivity contribution in [1.29, 1.82) is 0 Å². The predicted molar refractivity (Wildman–Crippen MR) is 112 cm³/mol. The third-order valence-corrected chi connectivity index (χ3v) is 5.01. The fourth-order valence-electron chi connectivity index (χ4n) is 3.28. The van der Waals surface area contributed by atoms with E-state index in [1.54, 1.807) is 20.3 Å². The molecule has 2 heterocycles. The molecule has 0 spiro atoms. The largest absolute Gasteiger partial charge is 0.493 e. The van der Waals surface area contributed by atoms with E-state index in [1.165, 1.54) is 0 Å². The number of hydrogen-bond donors (Lipinski definition) is 1. The van der Waals surface area contributed by atoms with Crippen LogP contribution in [0.1, 0.15) is 21.7 Å². The van der Waals surface area contributed by atoms with Gasteiger partial charge in [0.1, 0.15) is 5.69 Å². The number of nitrogens with one attached hydrogen (secondary N) is 1. The summed E-state index contributed by atoms with van der Waals surface area (Å²) in [7, 11) is 5.31. The second-order valence-electron chi connectivity index (χ2n) is 7.18. The smallest absolute Gasteiger partial charge is 0.272 e. The van der Waals surface area contributed by atoms with Crippen molar-refractivity contribution in [3.8, 4) is 11.5 Å². The molecule has 0 aliphatic carbocycles. The highest BCUT2D eigenvalue weighted by atomic mass is 16.5. The maximum Gasteiger partial charge on any atom is 0.272 e. The van der Waals surface area contributed by atoms with E-state index in [4.69, 9.17) is 9.47 Å². The van der Waals surface area contributed by atoms with Gasteiger partial charge in [-0.25, -0.2) is 9.97 Å². The number of benzene rings is 1. The molecule has 0 saturated carbocycles. The molecule has 1 aliphatic rings. The molecule has 1 N–H and O–H groups in total. The summed E-state index contributed by atoms with van der Waals surface area (Å²) < 4.78 is 10.6. The van der Waals surface area contributed by atoms with Gasteiger partial charge in [0, 0.05) is 38.4 Å². The van der Waals surface area contributed by atoms with Crippen LogP contribution in [0.5, 0.6) is 11.5 Å². The first-order valence-corrected chi connectivity index (χ1v) is 9.78. The Hall–Kier alpha value is -2.87. The van der Waals surface area contributed by atoms with Gasteiger partial charge in [-0.05, 0) is 44.2 Å². The third-order valence-electron chi connectivity index (χ3n) is 5.01. The van der Waals surface area contributed by atoms with Crippen LogP contribution in [0.15, 0.2) is 24.3 Å². The Morgan fingerprint density at radius 3 is 2.48 bits per heavy atom. The zero-order valence-electron chi connectivity index (χ0n) is 17.6. The van der Waals surface area contributed by atoms with Gasteiger partial charge < -0.3 is 24.6 Å². The van der Waals surface area contributed by atoms with E-state index in [9.17, 15) is 4.79 Å². The van der Waals surface area contributed by atoms with E-state index in [1.807, 2.05) is 30.0 Å². The van der Waals surface area contributed by atoms with E-state index in [-0.39, 0.29) is 5.91 Å². The Balaban J connectivity index is 1.62. The number of piperazine rings is 1. The molecule has 156 valence electrons. The first-order chi connectivity index (χ1) is 14.0. The van der Waals surface area contributed by atoms with E-state index in [0.717, 1.165) is 43.9 Å². The van der Waals surface area contributed by atoms with Crippen LogP contribution in [0.25, 0.3) is 0 Å². The summed E-state index contributed by atoms with van der Waals surface area (Å²) in [5, 5.41) is 3.23. The minimum Gasteiger partial charge on any atom is -0.493 e. The molecule has 0 radical (unpaired) electrons. The lowest BCUT2D eigenvalue weighted by atomic mass is 10.1. The second-order valence-corrected chi connectivity index (χ2v) is 7.18. The number of carbonyl (C=O) groups is 1. The lowest BCUT2D eigenvalue weighted by Gasteiger charge is -2.32. The van der Waals surface area contributed by atoms with Crippen molar-refractivity contribution in [2.75, 3.05) is 59.3 Å². The molecule has 1 aromatic carbocycles. The maximum absolute atomic E-state index is 12.8. The number of likely N-dealkylation sites (N-methyl/N-ethyl adjacent to an activating group) is 1. The number of aromatic nitrogens is 2. The second kappa shape index (κ2) is 9.56. The van der Waals surface area contributed by atoms with Crippen molar-refractivity contribution in [3.63, 3.8) is 0 Å². The van der Waals surface area contributed by atoms with Gasteiger partial charge in [0.15, 0.2) is 11.5 Å². The summed E-state index contributed by atoms with van der Waals surface area (Å²) in [6.07, 6.45) is 0.763. The van der Waals surface area contributed by atoms with Crippen LogP contribution in [0.3, 0.4) is 0 Å². The molecular formula is C21H29N5O3. The fraction of sp³-hybridized carbons (Fsp3) is 0.476.